The van der Waals surface area contributed by atoms with Gasteiger partial charge in [-0.15, -0.1) is 17.0 Å². The molecule has 1 aromatic heterocycles. The standard InChI is InChI=1S/C20H22BrN3O2.BrH/c1-12(2)14-8-9-15(16(21)10-14)13(3)26-19(25)11-24-18-7-5-4-6-17(18)23-20(24)22;/h4-10,12-13H,11H2,1-3H3,(H2,22,23);1H. The fourth-order valence-corrected chi connectivity index (χ4v) is 3.64. The lowest BCUT2D eigenvalue weighted by molar-refractivity contribution is -0.149. The van der Waals surface area contributed by atoms with Gasteiger partial charge in [-0.25, -0.2) is 4.98 Å². The fourth-order valence-electron chi connectivity index (χ4n) is 2.92. The average Bonchev–Trinajstić information content (AvgIpc) is 2.90. The molecule has 1 unspecified atom stereocenters. The Morgan fingerprint density at radius 2 is 1.93 bits per heavy atom. The van der Waals surface area contributed by atoms with Crippen LogP contribution >= 0.6 is 32.9 Å². The van der Waals surface area contributed by atoms with E-state index in [0.717, 1.165) is 21.1 Å². The van der Waals surface area contributed by atoms with E-state index in [9.17, 15) is 4.79 Å². The minimum absolute atomic E-state index is 0. The van der Waals surface area contributed by atoms with Gasteiger partial charge in [-0.3, -0.25) is 9.36 Å². The Kier molecular flexibility index (Phi) is 7.06. The Hall–Kier alpha value is -1.86. The lowest BCUT2D eigenvalue weighted by Gasteiger charge is -2.17. The number of nitrogens with zero attached hydrogens (tertiary/aromatic N) is 2. The third kappa shape index (κ3) is 4.71. The number of ether oxygens (including phenoxy) is 1. The minimum atomic E-state index is -0.367. The molecule has 0 fully saturated rings. The van der Waals surface area contributed by atoms with Crippen LogP contribution in [-0.2, 0) is 16.1 Å². The second-order valence-corrected chi connectivity index (χ2v) is 7.47. The number of para-hydroxylation sites is 2. The molecule has 0 spiro atoms. The molecule has 0 radical (unpaired) electrons. The SMILES string of the molecule is Br.CC(C)c1ccc(C(C)OC(=O)Cn2c(N)nc3ccccc32)c(Br)c1. The molecule has 0 aliphatic rings. The number of nitrogens with two attached hydrogens (primary N) is 1. The number of rotatable bonds is 5. The highest BCUT2D eigenvalue weighted by atomic mass is 79.9. The highest BCUT2D eigenvalue weighted by molar-refractivity contribution is 9.10. The topological polar surface area (TPSA) is 70.1 Å². The molecule has 3 aromatic rings. The zero-order chi connectivity index (χ0) is 18.8. The van der Waals surface area contributed by atoms with Crippen LogP contribution in [0.5, 0.6) is 0 Å². The molecule has 1 atom stereocenters. The van der Waals surface area contributed by atoms with Crippen LogP contribution in [0.3, 0.4) is 0 Å². The predicted octanol–water partition coefficient (Wildman–Crippen LogP) is 5.39. The molecule has 2 N–H and O–H groups in total. The molecule has 0 aliphatic heterocycles. The summed E-state index contributed by atoms with van der Waals surface area (Å²) in [6, 6.07) is 13.7. The van der Waals surface area contributed by atoms with Crippen LogP contribution in [0.1, 0.15) is 43.9 Å². The Balaban J connectivity index is 0.00000261. The highest BCUT2D eigenvalue weighted by Gasteiger charge is 2.18. The first-order valence-electron chi connectivity index (χ1n) is 8.56. The maximum absolute atomic E-state index is 12.4. The van der Waals surface area contributed by atoms with Crippen LogP contribution < -0.4 is 5.73 Å². The van der Waals surface area contributed by atoms with Crippen molar-refractivity contribution in [1.29, 1.82) is 0 Å². The van der Waals surface area contributed by atoms with E-state index in [1.165, 1.54) is 5.56 Å². The maximum atomic E-state index is 12.4. The number of carbonyl (C=O) groups is 1. The van der Waals surface area contributed by atoms with Gasteiger partial charge in [0.05, 0.1) is 11.0 Å². The monoisotopic (exact) mass is 495 g/mol. The van der Waals surface area contributed by atoms with Gasteiger partial charge in [-0.1, -0.05) is 54.0 Å². The van der Waals surface area contributed by atoms with E-state index >= 15 is 0 Å². The molecule has 0 bridgehead atoms. The molecule has 27 heavy (non-hydrogen) atoms. The van der Waals surface area contributed by atoms with Gasteiger partial charge in [0.25, 0.3) is 0 Å². The molecule has 0 saturated heterocycles. The Morgan fingerprint density at radius 3 is 2.59 bits per heavy atom. The second kappa shape index (κ2) is 8.89. The smallest absolute Gasteiger partial charge is 0.326 e. The van der Waals surface area contributed by atoms with Gasteiger partial charge >= 0.3 is 5.97 Å². The van der Waals surface area contributed by atoms with E-state index in [1.807, 2.05) is 37.3 Å². The van der Waals surface area contributed by atoms with E-state index in [4.69, 9.17) is 10.5 Å². The lowest BCUT2D eigenvalue weighted by Crippen LogP contribution is -2.17. The summed E-state index contributed by atoms with van der Waals surface area (Å²) in [7, 11) is 0. The van der Waals surface area contributed by atoms with Gasteiger partial charge in [-0.2, -0.15) is 0 Å². The number of halogens is 2. The van der Waals surface area contributed by atoms with E-state index in [1.54, 1.807) is 4.57 Å². The number of aromatic nitrogens is 2. The van der Waals surface area contributed by atoms with Crippen molar-refractivity contribution < 1.29 is 9.53 Å². The summed E-state index contributed by atoms with van der Waals surface area (Å²) in [5.74, 6) is 0.390. The molecular weight excluding hydrogens is 474 g/mol. The second-order valence-electron chi connectivity index (χ2n) is 6.61. The van der Waals surface area contributed by atoms with Crippen molar-refractivity contribution in [2.24, 2.45) is 0 Å². The van der Waals surface area contributed by atoms with Crippen LogP contribution in [0.15, 0.2) is 46.9 Å². The molecule has 144 valence electrons. The van der Waals surface area contributed by atoms with Crippen LogP contribution in [-0.4, -0.2) is 15.5 Å². The van der Waals surface area contributed by atoms with Crippen molar-refractivity contribution in [1.82, 2.24) is 9.55 Å². The fraction of sp³-hybridized carbons (Fsp3) is 0.300. The third-order valence-corrected chi connectivity index (χ3v) is 5.10. The van der Waals surface area contributed by atoms with Gasteiger partial charge in [0.1, 0.15) is 12.6 Å². The van der Waals surface area contributed by atoms with Crippen molar-refractivity contribution in [3.63, 3.8) is 0 Å². The number of esters is 1. The lowest BCUT2D eigenvalue weighted by atomic mass is 10.0. The summed E-state index contributed by atoms with van der Waals surface area (Å²) in [6.45, 7) is 6.18. The average molecular weight is 497 g/mol. The molecule has 0 saturated carbocycles. The summed E-state index contributed by atoms with van der Waals surface area (Å²) in [5, 5.41) is 0. The van der Waals surface area contributed by atoms with Gasteiger partial charge in [-0.05, 0) is 36.6 Å². The zero-order valence-corrected chi connectivity index (χ0v) is 18.8. The van der Waals surface area contributed by atoms with E-state index in [2.05, 4.69) is 46.9 Å². The van der Waals surface area contributed by atoms with E-state index in [0.29, 0.717) is 11.9 Å². The van der Waals surface area contributed by atoms with Crippen LogP contribution in [0.25, 0.3) is 11.0 Å². The Bertz CT molecular complexity index is 954. The summed E-state index contributed by atoms with van der Waals surface area (Å²) >= 11 is 3.58. The molecule has 2 aromatic carbocycles. The summed E-state index contributed by atoms with van der Waals surface area (Å²) in [4.78, 5) is 16.7. The molecule has 7 heteroatoms. The maximum Gasteiger partial charge on any atom is 0.326 e. The summed E-state index contributed by atoms with van der Waals surface area (Å²) in [6.07, 6.45) is -0.367. The quantitative estimate of drug-likeness (QED) is 0.481. The van der Waals surface area contributed by atoms with Crippen LogP contribution in [0, 0.1) is 0 Å². The van der Waals surface area contributed by atoms with Crippen molar-refractivity contribution in [2.75, 3.05) is 5.73 Å². The normalized spacial score (nSPS) is 12.0. The Morgan fingerprint density at radius 1 is 1.22 bits per heavy atom. The predicted molar refractivity (Wildman–Crippen MR) is 117 cm³/mol. The van der Waals surface area contributed by atoms with Crippen LogP contribution in [0.4, 0.5) is 5.95 Å². The van der Waals surface area contributed by atoms with Crippen molar-refractivity contribution >= 4 is 55.9 Å². The highest BCUT2D eigenvalue weighted by Crippen LogP contribution is 2.29. The first-order chi connectivity index (χ1) is 12.4. The van der Waals surface area contributed by atoms with Crippen molar-refractivity contribution in [3.05, 3.63) is 58.1 Å². The molecule has 0 aliphatic carbocycles. The van der Waals surface area contributed by atoms with E-state index < -0.39 is 0 Å². The number of benzene rings is 2. The zero-order valence-electron chi connectivity index (χ0n) is 15.5. The van der Waals surface area contributed by atoms with Crippen molar-refractivity contribution in [2.45, 2.75) is 39.3 Å². The molecule has 3 rings (SSSR count). The molecule has 0 amide bonds. The molecule has 1 heterocycles. The van der Waals surface area contributed by atoms with Crippen LogP contribution in [0.2, 0.25) is 0 Å². The summed E-state index contributed by atoms with van der Waals surface area (Å²) in [5.41, 5.74) is 9.70. The Labute approximate surface area is 177 Å². The van der Waals surface area contributed by atoms with Gasteiger partial charge in [0.2, 0.25) is 5.95 Å². The van der Waals surface area contributed by atoms with Crippen molar-refractivity contribution in [3.8, 4) is 0 Å². The number of imidazole rings is 1. The number of hydrogen-bond donors (Lipinski definition) is 1. The molecular formula is C20H23Br2N3O2. The number of carbonyl (C=O) groups excluding carboxylic acids is 1. The van der Waals surface area contributed by atoms with Gasteiger partial charge in [0, 0.05) is 10.0 Å². The third-order valence-electron chi connectivity index (χ3n) is 4.41. The number of fused-ring (bicyclic) bond motifs is 1. The molecule has 5 nitrogen and oxygen atoms in total. The largest absolute Gasteiger partial charge is 0.456 e. The number of hydrogen-bond acceptors (Lipinski definition) is 4. The minimum Gasteiger partial charge on any atom is -0.456 e. The summed E-state index contributed by atoms with van der Waals surface area (Å²) < 4.78 is 8.23. The first-order valence-corrected chi connectivity index (χ1v) is 9.35. The van der Waals surface area contributed by atoms with Gasteiger partial charge < -0.3 is 10.5 Å². The number of anilines is 1. The first kappa shape index (κ1) is 21.4. The van der Waals surface area contributed by atoms with Gasteiger partial charge in [0.15, 0.2) is 0 Å². The van der Waals surface area contributed by atoms with E-state index in [-0.39, 0.29) is 35.6 Å². The number of nitrogen functional groups attached to an aromatic ring is 1.